The van der Waals surface area contributed by atoms with Crippen molar-refractivity contribution in [1.82, 2.24) is 5.32 Å². The van der Waals surface area contributed by atoms with Gasteiger partial charge in [0.25, 0.3) is 5.91 Å². The quantitative estimate of drug-likeness (QED) is 0.915. The van der Waals surface area contributed by atoms with Gasteiger partial charge in [0, 0.05) is 30.8 Å². The number of urea groups is 1. The average molecular weight is 337 g/mol. The van der Waals surface area contributed by atoms with E-state index in [0.29, 0.717) is 24.8 Å². The maximum absolute atomic E-state index is 12.4. The summed E-state index contributed by atoms with van der Waals surface area (Å²) in [6.07, 6.45) is 4.09. The predicted octanol–water partition coefficient (Wildman–Crippen LogP) is 3.00. The van der Waals surface area contributed by atoms with Gasteiger partial charge in [0.15, 0.2) is 5.84 Å². The third-order valence-electron chi connectivity index (χ3n) is 4.70. The summed E-state index contributed by atoms with van der Waals surface area (Å²) in [7, 11) is 0. The molecule has 2 aliphatic heterocycles. The Labute approximate surface area is 145 Å². The molecule has 1 aromatic rings. The van der Waals surface area contributed by atoms with Crippen molar-refractivity contribution in [2.45, 2.75) is 25.7 Å². The molecule has 0 radical (unpaired) electrons. The summed E-state index contributed by atoms with van der Waals surface area (Å²) in [5.74, 6) is 0.278. The van der Waals surface area contributed by atoms with Crippen LogP contribution in [0.4, 0.5) is 10.5 Å². The topological polar surface area (TPSA) is 86.5 Å². The number of benzene rings is 1. The minimum atomic E-state index is -0.373. The third-order valence-corrected chi connectivity index (χ3v) is 4.70. The molecule has 7 heteroatoms. The van der Waals surface area contributed by atoms with E-state index in [0.717, 1.165) is 29.8 Å². The molecule has 0 spiro atoms. The van der Waals surface area contributed by atoms with Crippen molar-refractivity contribution in [3.63, 3.8) is 0 Å². The lowest BCUT2D eigenvalue weighted by Gasteiger charge is -2.15. The van der Waals surface area contributed by atoms with E-state index in [1.807, 2.05) is 31.2 Å². The van der Waals surface area contributed by atoms with Gasteiger partial charge in [-0.2, -0.15) is 10.1 Å². The van der Waals surface area contributed by atoms with Crippen molar-refractivity contribution in [2.75, 3.05) is 18.0 Å². The van der Waals surface area contributed by atoms with Crippen molar-refractivity contribution in [2.24, 2.45) is 21.1 Å². The monoisotopic (exact) mass is 337 g/mol. The highest BCUT2D eigenvalue weighted by atomic mass is 16.2. The SMILES string of the molecule is CC(C(=O)/N=C1/C=C(C2CC2)N=N1)c1ccc(N2CCNC2=O)cc1. The highest BCUT2D eigenvalue weighted by Gasteiger charge is 2.29. The first-order valence-electron chi connectivity index (χ1n) is 8.53. The fourth-order valence-corrected chi connectivity index (χ4v) is 2.95. The number of anilines is 1. The molecule has 7 nitrogen and oxygen atoms in total. The zero-order valence-electron chi connectivity index (χ0n) is 14.0. The van der Waals surface area contributed by atoms with Gasteiger partial charge in [0.1, 0.15) is 0 Å². The van der Waals surface area contributed by atoms with Crippen LogP contribution < -0.4 is 10.2 Å². The molecule has 4 rings (SSSR count). The van der Waals surface area contributed by atoms with Gasteiger partial charge in [0.2, 0.25) is 0 Å². The lowest BCUT2D eigenvalue weighted by Crippen LogP contribution is -2.27. The van der Waals surface area contributed by atoms with Crippen LogP contribution in [0.5, 0.6) is 0 Å². The number of amidine groups is 1. The predicted molar refractivity (Wildman–Crippen MR) is 93.7 cm³/mol. The van der Waals surface area contributed by atoms with Crippen molar-refractivity contribution < 1.29 is 9.59 Å². The second-order valence-corrected chi connectivity index (χ2v) is 6.55. The summed E-state index contributed by atoms with van der Waals surface area (Å²) < 4.78 is 0. The number of hydrogen-bond donors (Lipinski definition) is 1. The van der Waals surface area contributed by atoms with E-state index in [2.05, 4.69) is 20.5 Å². The summed E-state index contributed by atoms with van der Waals surface area (Å²) in [5.41, 5.74) is 2.62. The lowest BCUT2D eigenvalue weighted by molar-refractivity contribution is -0.118. The summed E-state index contributed by atoms with van der Waals surface area (Å²) in [6.45, 7) is 3.13. The van der Waals surface area contributed by atoms with Gasteiger partial charge in [-0.3, -0.25) is 9.69 Å². The Morgan fingerprint density at radius 2 is 2.04 bits per heavy atom. The van der Waals surface area contributed by atoms with Gasteiger partial charge in [0.05, 0.1) is 11.6 Å². The standard InChI is InChI=1S/C18H19N5O2/c1-11(17(24)20-16-10-15(21-22-16)13-2-3-13)12-4-6-14(7-5-12)23-9-8-19-18(23)25/h4-7,10-11,13H,2-3,8-9H2,1H3,(H,19,25)/b20-16-. The van der Waals surface area contributed by atoms with Crippen molar-refractivity contribution in [3.8, 4) is 0 Å². The first kappa shape index (κ1) is 15.7. The van der Waals surface area contributed by atoms with E-state index < -0.39 is 0 Å². The summed E-state index contributed by atoms with van der Waals surface area (Å²) >= 11 is 0. The van der Waals surface area contributed by atoms with Gasteiger partial charge in [-0.15, -0.1) is 5.11 Å². The van der Waals surface area contributed by atoms with Crippen molar-refractivity contribution in [3.05, 3.63) is 41.6 Å². The molecular formula is C18H19N5O2. The molecule has 1 unspecified atom stereocenters. The summed E-state index contributed by atoms with van der Waals surface area (Å²) in [4.78, 5) is 29.9. The molecule has 1 N–H and O–H groups in total. The van der Waals surface area contributed by atoms with Crippen LogP contribution in [0.15, 0.2) is 51.3 Å². The van der Waals surface area contributed by atoms with Gasteiger partial charge in [-0.05, 0) is 37.5 Å². The largest absolute Gasteiger partial charge is 0.336 e. The van der Waals surface area contributed by atoms with E-state index in [1.54, 1.807) is 11.0 Å². The van der Waals surface area contributed by atoms with E-state index >= 15 is 0 Å². The van der Waals surface area contributed by atoms with Gasteiger partial charge in [-0.25, -0.2) is 4.79 Å². The van der Waals surface area contributed by atoms with Crippen LogP contribution in [-0.4, -0.2) is 30.9 Å². The molecule has 3 aliphatic rings. The molecule has 2 heterocycles. The van der Waals surface area contributed by atoms with Crippen LogP contribution in [0.3, 0.4) is 0 Å². The molecule has 1 saturated heterocycles. The van der Waals surface area contributed by atoms with Gasteiger partial charge in [-0.1, -0.05) is 12.1 Å². The minimum absolute atomic E-state index is 0.0897. The molecule has 0 aromatic heterocycles. The molecule has 1 atom stereocenters. The summed E-state index contributed by atoms with van der Waals surface area (Å²) in [6, 6.07) is 7.36. The maximum Gasteiger partial charge on any atom is 0.321 e. The molecule has 25 heavy (non-hydrogen) atoms. The molecule has 1 aliphatic carbocycles. The number of aliphatic imine (C=N–C) groups is 1. The highest BCUT2D eigenvalue weighted by Crippen LogP contribution is 2.38. The molecule has 3 amide bonds. The van der Waals surface area contributed by atoms with E-state index in [4.69, 9.17) is 0 Å². The third kappa shape index (κ3) is 3.22. The number of azo groups is 1. The van der Waals surface area contributed by atoms with Crippen LogP contribution in [0.25, 0.3) is 0 Å². The zero-order chi connectivity index (χ0) is 17.4. The van der Waals surface area contributed by atoms with Crippen LogP contribution in [0.2, 0.25) is 0 Å². The number of carbonyl (C=O) groups excluding carboxylic acids is 2. The van der Waals surface area contributed by atoms with Crippen molar-refractivity contribution in [1.29, 1.82) is 0 Å². The Bertz CT molecular complexity index is 805. The second kappa shape index (κ2) is 6.23. The molecular weight excluding hydrogens is 318 g/mol. The van der Waals surface area contributed by atoms with E-state index in [-0.39, 0.29) is 17.9 Å². The Balaban J connectivity index is 1.45. The number of nitrogens with one attached hydrogen (secondary N) is 1. The number of hydrogen-bond acceptors (Lipinski definition) is 3. The normalized spacial score (nSPS) is 22.3. The fourth-order valence-electron chi connectivity index (χ4n) is 2.95. The Hall–Kier alpha value is -2.83. The maximum atomic E-state index is 12.4. The molecule has 128 valence electrons. The fraction of sp³-hybridized carbons (Fsp3) is 0.389. The van der Waals surface area contributed by atoms with Gasteiger partial charge < -0.3 is 5.32 Å². The Morgan fingerprint density at radius 3 is 2.68 bits per heavy atom. The highest BCUT2D eigenvalue weighted by molar-refractivity contribution is 6.04. The average Bonchev–Trinajstić information content (AvgIpc) is 3.22. The Morgan fingerprint density at radius 1 is 1.28 bits per heavy atom. The van der Waals surface area contributed by atoms with Crippen LogP contribution >= 0.6 is 0 Å². The van der Waals surface area contributed by atoms with E-state index in [1.165, 1.54) is 0 Å². The number of rotatable bonds is 4. The van der Waals surface area contributed by atoms with Crippen LogP contribution in [0.1, 0.15) is 31.2 Å². The lowest BCUT2D eigenvalue weighted by atomic mass is 10.00. The smallest absolute Gasteiger partial charge is 0.321 e. The second-order valence-electron chi connectivity index (χ2n) is 6.55. The molecule has 2 fully saturated rings. The Kier molecular flexibility index (Phi) is 3.91. The minimum Gasteiger partial charge on any atom is -0.336 e. The van der Waals surface area contributed by atoms with Gasteiger partial charge >= 0.3 is 6.03 Å². The van der Waals surface area contributed by atoms with Crippen LogP contribution in [0, 0.1) is 5.92 Å². The molecule has 1 aromatic carbocycles. The number of allylic oxidation sites excluding steroid dienone is 1. The number of carbonyl (C=O) groups is 2. The summed E-state index contributed by atoms with van der Waals surface area (Å²) in [5, 5.41) is 10.8. The number of nitrogens with zero attached hydrogens (tertiary/aromatic N) is 4. The molecule has 0 bridgehead atoms. The first-order valence-corrected chi connectivity index (χ1v) is 8.53. The first-order chi connectivity index (χ1) is 12.1. The zero-order valence-corrected chi connectivity index (χ0v) is 14.0. The number of amides is 3. The van der Waals surface area contributed by atoms with Crippen LogP contribution in [-0.2, 0) is 4.79 Å². The van der Waals surface area contributed by atoms with E-state index in [9.17, 15) is 9.59 Å². The molecule has 1 saturated carbocycles. The van der Waals surface area contributed by atoms with Crippen molar-refractivity contribution >= 4 is 23.5 Å².